The lowest BCUT2D eigenvalue weighted by Gasteiger charge is -2.05. The van der Waals surface area contributed by atoms with Gasteiger partial charge in [-0.05, 0) is 30.7 Å². The summed E-state index contributed by atoms with van der Waals surface area (Å²) in [5.74, 6) is 0.588. The van der Waals surface area contributed by atoms with Crippen molar-refractivity contribution >= 4 is 5.91 Å². The fourth-order valence-electron chi connectivity index (χ4n) is 2.39. The highest BCUT2D eigenvalue weighted by molar-refractivity contribution is 5.94. The molecule has 24 heavy (non-hydrogen) atoms. The average Bonchev–Trinajstić information content (AvgIpc) is 3.03. The molecule has 0 aliphatic rings. The molecule has 0 unspecified atom stereocenters. The first-order valence-electron chi connectivity index (χ1n) is 7.64. The monoisotopic (exact) mass is 324 g/mol. The minimum absolute atomic E-state index is 0.305. The van der Waals surface area contributed by atoms with Crippen molar-refractivity contribution in [1.29, 1.82) is 0 Å². The number of rotatable bonds is 5. The van der Waals surface area contributed by atoms with Crippen molar-refractivity contribution in [1.82, 2.24) is 20.5 Å². The molecule has 3 rings (SSSR count). The highest BCUT2D eigenvalue weighted by atomic mass is 19.1. The number of hydrogen-bond acceptors (Lipinski definition) is 3. The van der Waals surface area contributed by atoms with Gasteiger partial charge in [-0.15, -0.1) is 0 Å². The van der Waals surface area contributed by atoms with Crippen LogP contribution < -0.4 is 5.32 Å². The fourth-order valence-corrected chi connectivity index (χ4v) is 2.39. The molecule has 3 aromatic rings. The van der Waals surface area contributed by atoms with E-state index in [1.165, 1.54) is 12.1 Å². The van der Waals surface area contributed by atoms with Crippen molar-refractivity contribution in [2.45, 2.75) is 13.3 Å². The molecule has 6 heteroatoms. The lowest BCUT2D eigenvalue weighted by molar-refractivity contribution is 0.0953. The van der Waals surface area contributed by atoms with Crippen molar-refractivity contribution in [2.24, 2.45) is 0 Å². The minimum atomic E-state index is -0.414. The number of halogens is 1. The number of nitrogens with zero attached hydrogens (tertiary/aromatic N) is 2. The number of carbonyl (C=O) groups is 1. The van der Waals surface area contributed by atoms with Crippen LogP contribution in [0.2, 0.25) is 0 Å². The summed E-state index contributed by atoms with van der Waals surface area (Å²) < 4.78 is 13.3. The van der Waals surface area contributed by atoms with Crippen LogP contribution in [0.3, 0.4) is 0 Å². The number of carbonyl (C=O) groups excluding carboxylic acids is 1. The summed E-state index contributed by atoms with van der Waals surface area (Å²) in [6.45, 7) is 2.14. The van der Waals surface area contributed by atoms with Crippen molar-refractivity contribution in [2.75, 3.05) is 6.54 Å². The molecule has 2 aromatic carbocycles. The second-order valence-corrected chi connectivity index (χ2v) is 5.49. The molecule has 0 saturated carbocycles. The quantitative estimate of drug-likeness (QED) is 0.758. The van der Waals surface area contributed by atoms with E-state index in [0.717, 1.165) is 5.56 Å². The van der Waals surface area contributed by atoms with Gasteiger partial charge in [0.25, 0.3) is 5.91 Å². The maximum Gasteiger partial charge on any atom is 0.251 e. The zero-order chi connectivity index (χ0) is 16.9. The summed E-state index contributed by atoms with van der Waals surface area (Å²) in [6, 6.07) is 13.9. The van der Waals surface area contributed by atoms with Crippen LogP contribution in [0.15, 0.2) is 48.5 Å². The zero-order valence-corrected chi connectivity index (χ0v) is 13.2. The van der Waals surface area contributed by atoms with Crippen molar-refractivity contribution in [3.05, 3.63) is 71.3 Å². The Morgan fingerprint density at radius 1 is 1.21 bits per heavy atom. The van der Waals surface area contributed by atoms with Gasteiger partial charge in [0.2, 0.25) is 0 Å². The van der Waals surface area contributed by atoms with Crippen LogP contribution in [0.25, 0.3) is 11.4 Å². The number of aromatic amines is 1. The molecule has 0 bridgehead atoms. The van der Waals surface area contributed by atoms with E-state index in [1.54, 1.807) is 13.0 Å². The molecule has 0 aliphatic heterocycles. The standard InChI is InChI=1S/C18H17FN4O/c1-12-9-14(11-15(19)10-12)18(24)20-8-7-16-21-17(23-22-16)13-5-3-2-4-6-13/h2-6,9-11H,7-8H2,1H3,(H,20,24)(H,21,22,23). The summed E-state index contributed by atoms with van der Waals surface area (Å²) in [6.07, 6.45) is 0.514. The van der Waals surface area contributed by atoms with Crippen LogP contribution in [0.1, 0.15) is 21.7 Å². The van der Waals surface area contributed by atoms with Gasteiger partial charge in [0.05, 0.1) is 0 Å². The Labute approximate surface area is 138 Å². The largest absolute Gasteiger partial charge is 0.352 e. The van der Waals surface area contributed by atoms with Crippen LogP contribution in [-0.4, -0.2) is 27.6 Å². The minimum Gasteiger partial charge on any atom is -0.352 e. The summed E-state index contributed by atoms with van der Waals surface area (Å²) >= 11 is 0. The van der Waals surface area contributed by atoms with Gasteiger partial charge in [-0.2, -0.15) is 5.10 Å². The van der Waals surface area contributed by atoms with Gasteiger partial charge in [0.1, 0.15) is 11.6 Å². The Balaban J connectivity index is 1.57. The van der Waals surface area contributed by atoms with E-state index < -0.39 is 5.82 Å². The summed E-state index contributed by atoms with van der Waals surface area (Å²) in [7, 11) is 0. The van der Waals surface area contributed by atoms with Gasteiger partial charge in [0, 0.05) is 24.1 Å². The average molecular weight is 324 g/mol. The maximum absolute atomic E-state index is 13.3. The van der Waals surface area contributed by atoms with E-state index >= 15 is 0 Å². The zero-order valence-electron chi connectivity index (χ0n) is 13.2. The molecule has 1 aromatic heterocycles. The van der Waals surface area contributed by atoms with Gasteiger partial charge < -0.3 is 5.32 Å². The number of nitrogens with one attached hydrogen (secondary N) is 2. The molecule has 0 atom stereocenters. The summed E-state index contributed by atoms with van der Waals surface area (Å²) in [4.78, 5) is 16.4. The number of amides is 1. The van der Waals surface area contributed by atoms with E-state index in [0.29, 0.717) is 35.7 Å². The Hall–Kier alpha value is -3.02. The van der Waals surface area contributed by atoms with Crippen molar-refractivity contribution in [3.63, 3.8) is 0 Å². The molecule has 1 heterocycles. The van der Waals surface area contributed by atoms with Crippen LogP contribution in [0.5, 0.6) is 0 Å². The molecular formula is C18H17FN4O. The van der Waals surface area contributed by atoms with Gasteiger partial charge in [-0.25, -0.2) is 9.37 Å². The topological polar surface area (TPSA) is 70.7 Å². The SMILES string of the molecule is Cc1cc(F)cc(C(=O)NCCc2nc(-c3ccccc3)n[nH]2)c1. The van der Waals surface area contributed by atoms with E-state index in [4.69, 9.17) is 0 Å². The normalized spacial score (nSPS) is 10.6. The first-order valence-corrected chi connectivity index (χ1v) is 7.64. The van der Waals surface area contributed by atoms with Crippen LogP contribution >= 0.6 is 0 Å². The first kappa shape index (κ1) is 15.9. The highest BCUT2D eigenvalue weighted by Gasteiger charge is 2.09. The molecule has 122 valence electrons. The van der Waals surface area contributed by atoms with Gasteiger partial charge in [0.15, 0.2) is 5.82 Å². The van der Waals surface area contributed by atoms with Gasteiger partial charge >= 0.3 is 0 Å². The molecule has 2 N–H and O–H groups in total. The molecule has 1 amide bonds. The van der Waals surface area contributed by atoms with Crippen LogP contribution in [0.4, 0.5) is 4.39 Å². The van der Waals surface area contributed by atoms with Gasteiger partial charge in [-0.3, -0.25) is 9.89 Å². The first-order chi connectivity index (χ1) is 11.6. The second kappa shape index (κ2) is 7.04. The van der Waals surface area contributed by atoms with E-state index in [9.17, 15) is 9.18 Å². The molecule has 0 fully saturated rings. The predicted octanol–water partition coefficient (Wildman–Crippen LogP) is 2.89. The Morgan fingerprint density at radius 2 is 2.00 bits per heavy atom. The third-order valence-electron chi connectivity index (χ3n) is 3.52. The van der Waals surface area contributed by atoms with Crippen molar-refractivity contribution < 1.29 is 9.18 Å². The summed E-state index contributed by atoms with van der Waals surface area (Å²) in [5, 5.41) is 9.79. The molecule has 5 nitrogen and oxygen atoms in total. The predicted molar refractivity (Wildman–Crippen MR) is 89.0 cm³/mol. The number of H-pyrrole nitrogens is 1. The second-order valence-electron chi connectivity index (χ2n) is 5.49. The third-order valence-corrected chi connectivity index (χ3v) is 3.52. The number of aromatic nitrogens is 3. The molecule has 0 aliphatic carbocycles. The lowest BCUT2D eigenvalue weighted by Crippen LogP contribution is -2.26. The number of hydrogen-bond donors (Lipinski definition) is 2. The number of aryl methyl sites for hydroxylation is 1. The molecular weight excluding hydrogens is 307 g/mol. The van der Waals surface area contributed by atoms with E-state index in [1.807, 2.05) is 30.3 Å². The molecule has 0 radical (unpaired) electrons. The summed E-state index contributed by atoms with van der Waals surface area (Å²) in [5.41, 5.74) is 1.96. The number of benzene rings is 2. The highest BCUT2D eigenvalue weighted by Crippen LogP contribution is 2.13. The van der Waals surface area contributed by atoms with Crippen LogP contribution in [0, 0.1) is 12.7 Å². The fraction of sp³-hybridized carbons (Fsp3) is 0.167. The smallest absolute Gasteiger partial charge is 0.251 e. The van der Waals surface area contributed by atoms with Crippen LogP contribution in [-0.2, 0) is 6.42 Å². The molecule has 0 spiro atoms. The van der Waals surface area contributed by atoms with Crippen molar-refractivity contribution in [3.8, 4) is 11.4 Å². The molecule has 0 saturated heterocycles. The van der Waals surface area contributed by atoms with E-state index in [-0.39, 0.29) is 5.91 Å². The third kappa shape index (κ3) is 3.84. The lowest BCUT2D eigenvalue weighted by atomic mass is 10.1. The Kier molecular flexibility index (Phi) is 4.65. The van der Waals surface area contributed by atoms with Gasteiger partial charge in [-0.1, -0.05) is 30.3 Å². The maximum atomic E-state index is 13.3. The Bertz CT molecular complexity index is 825. The Morgan fingerprint density at radius 3 is 2.75 bits per heavy atom. The van der Waals surface area contributed by atoms with E-state index in [2.05, 4.69) is 20.5 Å².